The standard InChI is InChI=1S/C21H14O4/c22-18-12-6-1-2-7-13(12)19(23)16(18)10-5-11-17-20(24)14-8-3-4-9-15(14)21(17)25/h1-11,16,18,22H/b10-5+. The van der Waals surface area contributed by atoms with Gasteiger partial charge in [0.2, 0.25) is 0 Å². The van der Waals surface area contributed by atoms with Gasteiger partial charge in [0.25, 0.3) is 0 Å². The number of aliphatic hydroxyl groups excluding tert-OH is 1. The second-order valence-electron chi connectivity index (χ2n) is 6.09. The largest absolute Gasteiger partial charge is 0.387 e. The summed E-state index contributed by atoms with van der Waals surface area (Å²) in [4.78, 5) is 37.0. The number of carbonyl (C=O) groups is 3. The lowest BCUT2D eigenvalue weighted by Crippen LogP contribution is -2.10. The predicted octanol–water partition coefficient (Wildman–Crippen LogP) is 3.09. The van der Waals surface area contributed by atoms with Crippen molar-refractivity contribution in [3.63, 3.8) is 0 Å². The number of ketones is 3. The lowest BCUT2D eigenvalue weighted by Gasteiger charge is -2.08. The Morgan fingerprint density at radius 1 is 0.800 bits per heavy atom. The fourth-order valence-electron chi connectivity index (χ4n) is 3.38. The van der Waals surface area contributed by atoms with Gasteiger partial charge in [-0.3, -0.25) is 14.4 Å². The Morgan fingerprint density at radius 3 is 1.96 bits per heavy atom. The Bertz CT molecular complexity index is 944. The first-order chi connectivity index (χ1) is 12.1. The fraction of sp³-hybridized carbons (Fsp3) is 0.0952. The molecule has 0 aliphatic heterocycles. The highest BCUT2D eigenvalue weighted by atomic mass is 16.3. The van der Waals surface area contributed by atoms with E-state index in [1.165, 1.54) is 12.2 Å². The van der Waals surface area contributed by atoms with Crippen LogP contribution < -0.4 is 0 Å². The minimum atomic E-state index is -0.912. The average molecular weight is 330 g/mol. The van der Waals surface area contributed by atoms with Crippen LogP contribution in [0.5, 0.6) is 0 Å². The SMILES string of the molecule is O=C1C(=C/C=C/C2C(=O)c3ccccc3C2O)C(=O)c2ccccc21. The number of allylic oxidation sites excluding steroid dienone is 3. The molecule has 0 amide bonds. The average Bonchev–Trinajstić information content (AvgIpc) is 3.03. The lowest BCUT2D eigenvalue weighted by molar-refractivity contribution is 0.0833. The first kappa shape index (κ1) is 15.4. The van der Waals surface area contributed by atoms with Crippen LogP contribution in [0.1, 0.15) is 42.7 Å². The topological polar surface area (TPSA) is 71.4 Å². The molecule has 4 heteroatoms. The molecule has 1 N–H and O–H groups in total. The molecule has 0 saturated heterocycles. The number of hydrogen-bond acceptors (Lipinski definition) is 4. The molecule has 4 rings (SSSR count). The zero-order valence-corrected chi connectivity index (χ0v) is 13.2. The number of rotatable bonds is 2. The molecule has 0 bridgehead atoms. The summed E-state index contributed by atoms with van der Waals surface area (Å²) in [5.74, 6) is -1.49. The van der Waals surface area contributed by atoms with Crippen molar-refractivity contribution in [1.82, 2.24) is 0 Å². The molecule has 4 nitrogen and oxygen atoms in total. The molecule has 122 valence electrons. The smallest absolute Gasteiger partial charge is 0.197 e. The van der Waals surface area contributed by atoms with E-state index >= 15 is 0 Å². The summed E-state index contributed by atoms with van der Waals surface area (Å²) in [5.41, 5.74) is 2.00. The zero-order valence-electron chi connectivity index (χ0n) is 13.2. The highest BCUT2D eigenvalue weighted by Gasteiger charge is 2.36. The Morgan fingerprint density at radius 2 is 1.36 bits per heavy atom. The van der Waals surface area contributed by atoms with Crippen LogP contribution in [-0.4, -0.2) is 22.5 Å². The normalized spacial score (nSPS) is 21.8. The number of hydrogen-bond donors (Lipinski definition) is 1. The van der Waals surface area contributed by atoms with E-state index in [9.17, 15) is 19.5 Å². The number of benzene rings is 2. The van der Waals surface area contributed by atoms with Gasteiger partial charge >= 0.3 is 0 Å². The Labute approximate surface area is 144 Å². The first-order valence-electron chi connectivity index (χ1n) is 7.97. The molecule has 0 heterocycles. The molecular weight excluding hydrogens is 316 g/mol. The van der Waals surface area contributed by atoms with Gasteiger partial charge in [0.05, 0.1) is 17.6 Å². The summed E-state index contributed by atoms with van der Waals surface area (Å²) in [7, 11) is 0. The van der Waals surface area contributed by atoms with Crippen molar-refractivity contribution in [2.24, 2.45) is 5.92 Å². The van der Waals surface area contributed by atoms with Gasteiger partial charge in [-0.05, 0) is 11.6 Å². The van der Waals surface area contributed by atoms with Crippen LogP contribution in [0.3, 0.4) is 0 Å². The van der Waals surface area contributed by atoms with E-state index in [-0.39, 0.29) is 22.9 Å². The molecule has 2 aromatic carbocycles. The van der Waals surface area contributed by atoms with Crippen LogP contribution in [0.4, 0.5) is 0 Å². The fourth-order valence-corrected chi connectivity index (χ4v) is 3.38. The minimum Gasteiger partial charge on any atom is -0.387 e. The quantitative estimate of drug-likeness (QED) is 0.678. The number of carbonyl (C=O) groups excluding carboxylic acids is 3. The lowest BCUT2D eigenvalue weighted by atomic mass is 10.0. The molecule has 0 radical (unpaired) electrons. The van der Waals surface area contributed by atoms with E-state index in [1.807, 2.05) is 0 Å². The predicted molar refractivity (Wildman–Crippen MR) is 91.5 cm³/mol. The van der Waals surface area contributed by atoms with E-state index in [1.54, 1.807) is 54.6 Å². The third-order valence-corrected chi connectivity index (χ3v) is 4.67. The third-order valence-electron chi connectivity index (χ3n) is 4.67. The van der Waals surface area contributed by atoms with Crippen molar-refractivity contribution in [3.8, 4) is 0 Å². The summed E-state index contributed by atoms with van der Waals surface area (Å²) in [6.07, 6.45) is 3.57. The maximum atomic E-state index is 12.4. The maximum Gasteiger partial charge on any atom is 0.197 e. The highest BCUT2D eigenvalue weighted by molar-refractivity contribution is 6.39. The maximum absolute atomic E-state index is 12.4. The van der Waals surface area contributed by atoms with E-state index in [0.717, 1.165) is 0 Å². The molecular formula is C21H14O4. The van der Waals surface area contributed by atoms with E-state index in [2.05, 4.69) is 0 Å². The van der Waals surface area contributed by atoms with Gasteiger partial charge in [-0.2, -0.15) is 0 Å². The summed E-state index contributed by atoms with van der Waals surface area (Å²) in [6, 6.07) is 13.6. The number of fused-ring (bicyclic) bond motifs is 2. The third kappa shape index (κ3) is 2.30. The Balaban J connectivity index is 1.61. The van der Waals surface area contributed by atoms with Crippen LogP contribution in [0.15, 0.2) is 72.3 Å². The first-order valence-corrected chi connectivity index (χ1v) is 7.97. The van der Waals surface area contributed by atoms with E-state index in [4.69, 9.17) is 0 Å². The van der Waals surface area contributed by atoms with Gasteiger partial charge in [-0.1, -0.05) is 60.7 Å². The van der Waals surface area contributed by atoms with Crippen molar-refractivity contribution >= 4 is 17.3 Å². The number of Topliss-reactive ketones (excluding diaryl/α,β-unsaturated/α-hetero) is 3. The minimum absolute atomic E-state index is 0.0786. The van der Waals surface area contributed by atoms with Crippen molar-refractivity contribution in [1.29, 1.82) is 0 Å². The van der Waals surface area contributed by atoms with Crippen LogP contribution in [-0.2, 0) is 0 Å². The summed E-state index contributed by atoms with van der Waals surface area (Å²) < 4.78 is 0. The van der Waals surface area contributed by atoms with Crippen molar-refractivity contribution < 1.29 is 19.5 Å². The van der Waals surface area contributed by atoms with Gasteiger partial charge < -0.3 is 5.11 Å². The molecule has 2 unspecified atom stereocenters. The Kier molecular flexibility index (Phi) is 3.55. The highest BCUT2D eigenvalue weighted by Crippen LogP contribution is 2.36. The van der Waals surface area contributed by atoms with Crippen LogP contribution in [0.25, 0.3) is 0 Å². The molecule has 0 saturated carbocycles. The van der Waals surface area contributed by atoms with E-state index in [0.29, 0.717) is 22.3 Å². The molecule has 2 aliphatic rings. The van der Waals surface area contributed by atoms with Gasteiger partial charge in [0, 0.05) is 16.7 Å². The summed E-state index contributed by atoms with van der Waals surface area (Å²) in [6.45, 7) is 0. The molecule has 2 aromatic rings. The molecule has 0 spiro atoms. The van der Waals surface area contributed by atoms with Crippen LogP contribution >= 0.6 is 0 Å². The Hall–Kier alpha value is -3.11. The van der Waals surface area contributed by atoms with Gasteiger partial charge in [-0.25, -0.2) is 0 Å². The summed E-state index contributed by atoms with van der Waals surface area (Å²) in [5, 5.41) is 10.3. The summed E-state index contributed by atoms with van der Waals surface area (Å²) >= 11 is 0. The van der Waals surface area contributed by atoms with Crippen LogP contribution in [0.2, 0.25) is 0 Å². The van der Waals surface area contributed by atoms with Gasteiger partial charge in [-0.15, -0.1) is 0 Å². The van der Waals surface area contributed by atoms with E-state index < -0.39 is 12.0 Å². The van der Waals surface area contributed by atoms with Crippen molar-refractivity contribution in [3.05, 3.63) is 94.6 Å². The van der Waals surface area contributed by atoms with Gasteiger partial charge in [0.15, 0.2) is 17.3 Å². The zero-order chi connectivity index (χ0) is 17.6. The van der Waals surface area contributed by atoms with Crippen molar-refractivity contribution in [2.45, 2.75) is 6.10 Å². The molecule has 2 aliphatic carbocycles. The van der Waals surface area contributed by atoms with Crippen LogP contribution in [0, 0.1) is 5.92 Å². The van der Waals surface area contributed by atoms with Crippen molar-refractivity contribution in [2.75, 3.05) is 0 Å². The second kappa shape index (κ2) is 5.76. The molecule has 2 atom stereocenters. The molecule has 0 aromatic heterocycles. The van der Waals surface area contributed by atoms with Gasteiger partial charge in [0.1, 0.15) is 0 Å². The molecule has 0 fully saturated rings. The monoisotopic (exact) mass is 330 g/mol. The second-order valence-corrected chi connectivity index (χ2v) is 6.09. The molecule has 25 heavy (non-hydrogen) atoms. The number of aliphatic hydroxyl groups is 1.